The summed E-state index contributed by atoms with van der Waals surface area (Å²) >= 11 is 5.83. The number of halogens is 1. The normalized spacial score (nSPS) is 12.4. The molecule has 0 saturated heterocycles. The summed E-state index contributed by atoms with van der Waals surface area (Å²) < 4.78 is 0. The highest BCUT2D eigenvalue weighted by Crippen LogP contribution is 2.09. The van der Waals surface area contributed by atoms with Gasteiger partial charge in [-0.1, -0.05) is 23.7 Å². The smallest absolute Gasteiger partial charge is 0.272 e. The van der Waals surface area contributed by atoms with Crippen molar-refractivity contribution in [2.75, 3.05) is 13.6 Å². The van der Waals surface area contributed by atoms with Crippen molar-refractivity contribution < 1.29 is 9.69 Å². The Morgan fingerprint density at radius 2 is 2.29 bits per heavy atom. The molecule has 4 heteroatoms. The summed E-state index contributed by atoms with van der Waals surface area (Å²) in [6, 6.07) is 7.60. The van der Waals surface area contributed by atoms with Gasteiger partial charge in [-0.05, 0) is 12.1 Å². The van der Waals surface area contributed by atoms with E-state index in [0.29, 0.717) is 6.54 Å². The van der Waals surface area contributed by atoms with Gasteiger partial charge in [0.2, 0.25) is 0 Å². The Morgan fingerprint density at radius 1 is 1.57 bits per heavy atom. The number of rotatable bonds is 4. The van der Waals surface area contributed by atoms with E-state index in [1.807, 2.05) is 31.3 Å². The minimum absolute atomic E-state index is 0.287. The van der Waals surface area contributed by atoms with Crippen molar-refractivity contribution in [3.05, 3.63) is 34.9 Å². The summed E-state index contributed by atoms with van der Waals surface area (Å²) in [6.45, 7) is 1.09. The van der Waals surface area contributed by atoms with E-state index >= 15 is 0 Å². The fraction of sp³-hybridized carbons (Fsp3) is 0.300. The van der Waals surface area contributed by atoms with Gasteiger partial charge >= 0.3 is 0 Å². The van der Waals surface area contributed by atoms with Crippen LogP contribution in [0.25, 0.3) is 0 Å². The minimum atomic E-state index is -0.287. The summed E-state index contributed by atoms with van der Waals surface area (Å²) in [7, 11) is 1.92. The zero-order chi connectivity index (χ0) is 10.6. The summed E-state index contributed by atoms with van der Waals surface area (Å²) in [5.74, 6) is -0.287. The average Bonchev–Trinajstić information content (AvgIpc) is 2.01. The van der Waals surface area contributed by atoms with Gasteiger partial charge in [-0.3, -0.25) is 4.79 Å². The number of nitrogens with two attached hydrogens (primary N) is 1. The third-order valence-corrected chi connectivity index (χ3v) is 2.11. The van der Waals surface area contributed by atoms with Crippen LogP contribution < -0.4 is 10.6 Å². The first-order chi connectivity index (χ1) is 6.58. The Balaban J connectivity index is 2.55. The minimum Gasteiger partial charge on any atom is -0.365 e. The second-order valence-corrected chi connectivity index (χ2v) is 3.84. The number of amides is 1. The van der Waals surface area contributed by atoms with E-state index in [1.165, 1.54) is 0 Å². The number of carbonyl (C=O) groups is 1. The molecule has 1 rings (SSSR count). The molecule has 1 amide bonds. The van der Waals surface area contributed by atoms with Gasteiger partial charge < -0.3 is 10.6 Å². The van der Waals surface area contributed by atoms with E-state index in [9.17, 15) is 4.79 Å². The average molecular weight is 214 g/mol. The van der Waals surface area contributed by atoms with Crippen molar-refractivity contribution in [2.24, 2.45) is 5.73 Å². The summed E-state index contributed by atoms with van der Waals surface area (Å²) in [5, 5.41) is 0.717. The highest BCUT2D eigenvalue weighted by molar-refractivity contribution is 6.30. The Hall–Kier alpha value is -1.06. The van der Waals surface area contributed by atoms with E-state index in [2.05, 4.69) is 0 Å². The van der Waals surface area contributed by atoms with Crippen molar-refractivity contribution >= 4 is 17.5 Å². The summed E-state index contributed by atoms with van der Waals surface area (Å²) in [5.41, 5.74) is 6.20. The Labute approximate surface area is 88.5 Å². The first-order valence-electron chi connectivity index (χ1n) is 4.42. The molecule has 3 N–H and O–H groups in total. The molecule has 1 aromatic carbocycles. The first-order valence-corrected chi connectivity index (χ1v) is 4.80. The molecule has 1 aromatic rings. The summed E-state index contributed by atoms with van der Waals surface area (Å²) in [6.07, 6.45) is 0. The number of hydrogen-bond donors (Lipinski definition) is 2. The number of likely N-dealkylation sites (N-methyl/N-ethyl adjacent to an activating group) is 1. The predicted molar refractivity (Wildman–Crippen MR) is 56.1 cm³/mol. The lowest BCUT2D eigenvalue weighted by Gasteiger charge is -2.11. The second kappa shape index (κ2) is 4.98. The topological polar surface area (TPSA) is 47.5 Å². The van der Waals surface area contributed by atoms with E-state index in [1.54, 1.807) is 0 Å². The zero-order valence-electron chi connectivity index (χ0n) is 8.09. The number of quaternary nitrogens is 1. The van der Waals surface area contributed by atoms with Crippen molar-refractivity contribution in [1.82, 2.24) is 0 Å². The van der Waals surface area contributed by atoms with E-state index in [0.717, 1.165) is 22.0 Å². The molecule has 0 heterocycles. The van der Waals surface area contributed by atoms with E-state index in [4.69, 9.17) is 17.3 Å². The Kier molecular flexibility index (Phi) is 3.92. The quantitative estimate of drug-likeness (QED) is 0.718. The molecule has 0 aliphatic carbocycles. The number of benzene rings is 1. The molecular weight excluding hydrogens is 200 g/mol. The maximum absolute atomic E-state index is 10.6. The molecule has 3 nitrogen and oxygen atoms in total. The van der Waals surface area contributed by atoms with Crippen LogP contribution in [0.4, 0.5) is 0 Å². The standard InChI is InChI=1S/C10H13ClN2O/c1-13(7-10(12)14)6-8-3-2-4-9(11)5-8/h2-5H,6-7H2,1H3,(H2,12,14)/p+1. The van der Waals surface area contributed by atoms with Crippen molar-refractivity contribution in [2.45, 2.75) is 6.54 Å². The van der Waals surface area contributed by atoms with Crippen molar-refractivity contribution in [3.8, 4) is 0 Å². The second-order valence-electron chi connectivity index (χ2n) is 3.41. The fourth-order valence-electron chi connectivity index (χ4n) is 1.36. The maximum atomic E-state index is 10.6. The van der Waals surface area contributed by atoms with Crippen LogP contribution >= 0.6 is 11.6 Å². The van der Waals surface area contributed by atoms with E-state index < -0.39 is 0 Å². The van der Waals surface area contributed by atoms with Crippen LogP contribution in [0, 0.1) is 0 Å². The van der Waals surface area contributed by atoms with Crippen LogP contribution in [0.2, 0.25) is 5.02 Å². The molecule has 0 saturated carbocycles. The van der Waals surface area contributed by atoms with Gasteiger partial charge in [0.15, 0.2) is 6.54 Å². The number of carbonyl (C=O) groups excluding carboxylic acids is 1. The molecule has 0 bridgehead atoms. The molecule has 0 aliphatic heterocycles. The third kappa shape index (κ3) is 3.77. The molecule has 14 heavy (non-hydrogen) atoms. The molecule has 0 radical (unpaired) electrons. The molecule has 0 fully saturated rings. The number of nitrogens with one attached hydrogen (secondary N) is 1. The van der Waals surface area contributed by atoms with Gasteiger partial charge in [0.1, 0.15) is 6.54 Å². The fourth-order valence-corrected chi connectivity index (χ4v) is 1.57. The highest BCUT2D eigenvalue weighted by atomic mass is 35.5. The largest absolute Gasteiger partial charge is 0.365 e. The van der Waals surface area contributed by atoms with Crippen LogP contribution in [-0.4, -0.2) is 19.5 Å². The van der Waals surface area contributed by atoms with Crippen LogP contribution in [-0.2, 0) is 11.3 Å². The molecule has 0 aliphatic rings. The predicted octanol–water partition coefficient (Wildman–Crippen LogP) is -0.160. The first kappa shape index (κ1) is 11.0. The number of hydrogen-bond acceptors (Lipinski definition) is 1. The van der Waals surface area contributed by atoms with Gasteiger partial charge in [-0.2, -0.15) is 0 Å². The molecule has 1 unspecified atom stereocenters. The van der Waals surface area contributed by atoms with Crippen LogP contribution in [0.5, 0.6) is 0 Å². The van der Waals surface area contributed by atoms with Crippen LogP contribution in [0.3, 0.4) is 0 Å². The Bertz CT molecular complexity index is 328. The molecule has 0 spiro atoms. The highest BCUT2D eigenvalue weighted by Gasteiger charge is 2.06. The van der Waals surface area contributed by atoms with Crippen molar-refractivity contribution in [1.29, 1.82) is 0 Å². The van der Waals surface area contributed by atoms with Gasteiger partial charge in [-0.15, -0.1) is 0 Å². The van der Waals surface area contributed by atoms with Gasteiger partial charge in [0.05, 0.1) is 7.05 Å². The zero-order valence-corrected chi connectivity index (χ0v) is 8.84. The molecular formula is C10H14ClN2O+. The molecule has 1 atom stereocenters. The summed E-state index contributed by atoms with van der Waals surface area (Å²) in [4.78, 5) is 11.7. The molecule has 0 aromatic heterocycles. The molecule has 76 valence electrons. The van der Waals surface area contributed by atoms with E-state index in [-0.39, 0.29) is 5.91 Å². The lowest BCUT2D eigenvalue weighted by atomic mass is 10.2. The van der Waals surface area contributed by atoms with Gasteiger partial charge in [0.25, 0.3) is 5.91 Å². The monoisotopic (exact) mass is 213 g/mol. The van der Waals surface area contributed by atoms with Crippen LogP contribution in [0.1, 0.15) is 5.56 Å². The van der Waals surface area contributed by atoms with Gasteiger partial charge in [0, 0.05) is 10.6 Å². The third-order valence-electron chi connectivity index (χ3n) is 1.87. The lowest BCUT2D eigenvalue weighted by Crippen LogP contribution is -3.08. The number of primary amides is 1. The van der Waals surface area contributed by atoms with Crippen molar-refractivity contribution in [3.63, 3.8) is 0 Å². The lowest BCUT2D eigenvalue weighted by molar-refractivity contribution is -0.885. The maximum Gasteiger partial charge on any atom is 0.272 e. The SMILES string of the molecule is C[NH+](CC(N)=O)Cc1cccc(Cl)c1. The van der Waals surface area contributed by atoms with Gasteiger partial charge in [-0.25, -0.2) is 0 Å². The Morgan fingerprint density at radius 3 is 2.86 bits per heavy atom. The van der Waals surface area contributed by atoms with Crippen LogP contribution in [0.15, 0.2) is 24.3 Å².